The van der Waals surface area contributed by atoms with Crippen molar-refractivity contribution < 1.29 is 13.2 Å². The van der Waals surface area contributed by atoms with Crippen LogP contribution in [0.25, 0.3) is 0 Å². The summed E-state index contributed by atoms with van der Waals surface area (Å²) < 4.78 is 29.5. The Kier molecular flexibility index (Phi) is 7.54. The maximum absolute atomic E-state index is 11.7. The van der Waals surface area contributed by atoms with E-state index in [4.69, 9.17) is 16.3 Å². The van der Waals surface area contributed by atoms with Crippen molar-refractivity contribution in [3.63, 3.8) is 0 Å². The molecular weight excluding hydrogens is 226 g/mol. The summed E-state index contributed by atoms with van der Waals surface area (Å²) in [7, 11) is -1.70. The summed E-state index contributed by atoms with van der Waals surface area (Å²) in [5.74, 6) is 0.354. The van der Waals surface area contributed by atoms with E-state index in [0.717, 1.165) is 6.42 Å². The maximum atomic E-state index is 11.7. The molecule has 0 unspecified atom stereocenters. The van der Waals surface area contributed by atoms with Gasteiger partial charge in [0.25, 0.3) is 0 Å². The fraction of sp³-hybridized carbons (Fsp3) is 1.00. The summed E-state index contributed by atoms with van der Waals surface area (Å²) in [6.07, 6.45) is 0.795. The van der Waals surface area contributed by atoms with E-state index < -0.39 is 10.0 Å². The highest BCUT2D eigenvalue weighted by molar-refractivity contribution is 7.89. The topological polar surface area (TPSA) is 46.6 Å². The summed E-state index contributed by atoms with van der Waals surface area (Å²) in [5, 5.41) is 0. The molecule has 0 aliphatic rings. The van der Waals surface area contributed by atoms with Crippen LogP contribution in [-0.2, 0) is 14.8 Å². The van der Waals surface area contributed by atoms with Gasteiger partial charge in [0.15, 0.2) is 0 Å². The van der Waals surface area contributed by atoms with Gasteiger partial charge in [-0.25, -0.2) is 12.7 Å². The SMILES string of the molecule is CCCN(CCCl)S(=O)(=O)CCOC. The first-order valence-electron chi connectivity index (χ1n) is 4.61. The minimum Gasteiger partial charge on any atom is -0.384 e. The summed E-state index contributed by atoms with van der Waals surface area (Å²) in [6, 6.07) is 0. The number of methoxy groups -OCH3 is 1. The van der Waals surface area contributed by atoms with Gasteiger partial charge in [0, 0.05) is 26.1 Å². The molecule has 0 fully saturated rings. The Hall–Kier alpha value is 0.160. The Balaban J connectivity index is 4.29. The molecule has 0 saturated carbocycles. The van der Waals surface area contributed by atoms with E-state index in [-0.39, 0.29) is 12.4 Å². The zero-order valence-electron chi connectivity index (χ0n) is 8.70. The van der Waals surface area contributed by atoms with E-state index >= 15 is 0 Å². The van der Waals surface area contributed by atoms with E-state index in [1.54, 1.807) is 0 Å². The summed E-state index contributed by atoms with van der Waals surface area (Å²) in [6.45, 7) is 3.07. The lowest BCUT2D eigenvalue weighted by Crippen LogP contribution is -2.36. The molecule has 0 rings (SSSR count). The summed E-state index contributed by atoms with van der Waals surface area (Å²) >= 11 is 5.53. The van der Waals surface area contributed by atoms with Crippen LogP contribution in [0.3, 0.4) is 0 Å². The van der Waals surface area contributed by atoms with Crippen LogP contribution in [0, 0.1) is 0 Å². The first-order chi connectivity index (χ1) is 6.58. The van der Waals surface area contributed by atoms with Gasteiger partial charge in [0.1, 0.15) is 0 Å². The number of rotatable bonds is 8. The van der Waals surface area contributed by atoms with Crippen molar-refractivity contribution in [2.24, 2.45) is 0 Å². The van der Waals surface area contributed by atoms with Crippen LogP contribution in [0.1, 0.15) is 13.3 Å². The maximum Gasteiger partial charge on any atom is 0.216 e. The standard InChI is InChI=1S/C8H18ClNO3S/c1-3-5-10(6-4-9)14(11,12)8-7-13-2/h3-8H2,1-2H3. The van der Waals surface area contributed by atoms with Crippen LogP contribution in [0.15, 0.2) is 0 Å². The molecule has 4 nitrogen and oxygen atoms in total. The molecule has 0 amide bonds. The molecule has 0 aromatic heterocycles. The van der Waals surface area contributed by atoms with Crippen molar-refractivity contribution in [3.05, 3.63) is 0 Å². The summed E-state index contributed by atoms with van der Waals surface area (Å²) in [5.41, 5.74) is 0. The zero-order valence-corrected chi connectivity index (χ0v) is 10.3. The highest BCUT2D eigenvalue weighted by atomic mass is 35.5. The molecule has 14 heavy (non-hydrogen) atoms. The van der Waals surface area contributed by atoms with E-state index in [1.807, 2.05) is 6.92 Å². The fourth-order valence-electron chi connectivity index (χ4n) is 1.05. The monoisotopic (exact) mass is 243 g/mol. The predicted octanol–water partition coefficient (Wildman–Crippen LogP) is 0.913. The van der Waals surface area contributed by atoms with Crippen LogP contribution in [0.5, 0.6) is 0 Å². The van der Waals surface area contributed by atoms with Crippen LogP contribution in [0.4, 0.5) is 0 Å². The van der Waals surface area contributed by atoms with Gasteiger partial charge in [0.05, 0.1) is 12.4 Å². The van der Waals surface area contributed by atoms with Crippen molar-refractivity contribution >= 4 is 21.6 Å². The number of alkyl halides is 1. The molecular formula is C8H18ClNO3S. The molecule has 0 aromatic rings. The molecule has 0 bridgehead atoms. The minimum atomic E-state index is -3.18. The summed E-state index contributed by atoms with van der Waals surface area (Å²) in [4.78, 5) is 0. The van der Waals surface area contributed by atoms with E-state index in [2.05, 4.69) is 0 Å². The molecule has 0 aliphatic carbocycles. The van der Waals surface area contributed by atoms with Gasteiger partial charge in [-0.2, -0.15) is 0 Å². The number of hydrogen-bond acceptors (Lipinski definition) is 3. The normalized spacial score (nSPS) is 12.3. The van der Waals surface area contributed by atoms with Gasteiger partial charge in [-0.05, 0) is 6.42 Å². The molecule has 0 aliphatic heterocycles. The molecule has 0 spiro atoms. The van der Waals surface area contributed by atoms with Gasteiger partial charge in [-0.1, -0.05) is 6.92 Å². The van der Waals surface area contributed by atoms with Gasteiger partial charge < -0.3 is 4.74 Å². The van der Waals surface area contributed by atoms with Crippen LogP contribution in [-0.4, -0.2) is 51.2 Å². The minimum absolute atomic E-state index is 0.0282. The molecule has 0 heterocycles. The second-order valence-electron chi connectivity index (χ2n) is 2.90. The zero-order chi connectivity index (χ0) is 11.0. The third-order valence-electron chi connectivity index (χ3n) is 1.75. The molecule has 86 valence electrons. The molecule has 6 heteroatoms. The second kappa shape index (κ2) is 7.45. The third kappa shape index (κ3) is 5.14. The van der Waals surface area contributed by atoms with Crippen molar-refractivity contribution in [2.75, 3.05) is 38.4 Å². The quantitative estimate of drug-likeness (QED) is 0.596. The lowest BCUT2D eigenvalue weighted by Gasteiger charge is -2.20. The smallest absolute Gasteiger partial charge is 0.216 e. The number of hydrogen-bond donors (Lipinski definition) is 0. The van der Waals surface area contributed by atoms with E-state index in [0.29, 0.717) is 19.0 Å². The number of sulfonamides is 1. The van der Waals surface area contributed by atoms with Gasteiger partial charge >= 0.3 is 0 Å². The highest BCUT2D eigenvalue weighted by Crippen LogP contribution is 2.03. The molecule has 0 radical (unpaired) electrons. The first kappa shape index (κ1) is 14.2. The molecule has 0 N–H and O–H groups in total. The average molecular weight is 244 g/mol. The van der Waals surface area contributed by atoms with E-state index in [1.165, 1.54) is 11.4 Å². The van der Waals surface area contributed by atoms with Crippen molar-refractivity contribution in [3.8, 4) is 0 Å². The number of ether oxygens (including phenoxy) is 1. The van der Waals surface area contributed by atoms with Gasteiger partial charge in [0.2, 0.25) is 10.0 Å². The van der Waals surface area contributed by atoms with Gasteiger partial charge in [-0.3, -0.25) is 0 Å². The van der Waals surface area contributed by atoms with E-state index in [9.17, 15) is 8.42 Å². The fourth-order valence-corrected chi connectivity index (χ4v) is 2.82. The van der Waals surface area contributed by atoms with Crippen molar-refractivity contribution in [1.82, 2.24) is 4.31 Å². The van der Waals surface area contributed by atoms with Crippen molar-refractivity contribution in [1.29, 1.82) is 0 Å². The largest absolute Gasteiger partial charge is 0.384 e. The van der Waals surface area contributed by atoms with Crippen molar-refractivity contribution in [2.45, 2.75) is 13.3 Å². The van der Waals surface area contributed by atoms with Crippen LogP contribution < -0.4 is 0 Å². The Morgan fingerprint density at radius 1 is 1.36 bits per heavy atom. The van der Waals surface area contributed by atoms with Crippen LogP contribution >= 0.6 is 11.6 Å². The number of nitrogens with zero attached hydrogens (tertiary/aromatic N) is 1. The Bertz CT molecular complexity index is 225. The van der Waals surface area contributed by atoms with Gasteiger partial charge in [-0.15, -0.1) is 11.6 Å². The average Bonchev–Trinajstić information content (AvgIpc) is 2.14. The Morgan fingerprint density at radius 3 is 2.43 bits per heavy atom. The Labute approximate surface area is 91.2 Å². The molecule has 0 saturated heterocycles. The number of halogens is 1. The second-order valence-corrected chi connectivity index (χ2v) is 5.36. The lowest BCUT2D eigenvalue weighted by atomic mass is 10.5. The Morgan fingerprint density at radius 2 is 2.00 bits per heavy atom. The lowest BCUT2D eigenvalue weighted by molar-refractivity contribution is 0.215. The highest BCUT2D eigenvalue weighted by Gasteiger charge is 2.19. The third-order valence-corrected chi connectivity index (χ3v) is 3.75. The first-order valence-corrected chi connectivity index (χ1v) is 6.75. The van der Waals surface area contributed by atoms with Crippen LogP contribution in [0.2, 0.25) is 0 Å². The predicted molar refractivity (Wildman–Crippen MR) is 58.2 cm³/mol. The molecule has 0 aromatic carbocycles. The molecule has 0 atom stereocenters.